The third kappa shape index (κ3) is 6.64. The van der Waals surface area contributed by atoms with Gasteiger partial charge in [0.05, 0.1) is 5.60 Å². The summed E-state index contributed by atoms with van der Waals surface area (Å²) in [6, 6.07) is 0. The number of phosphoric ester groups is 1. The van der Waals surface area contributed by atoms with Gasteiger partial charge >= 0.3 is 15.6 Å². The van der Waals surface area contributed by atoms with E-state index in [0.717, 1.165) is 0 Å². The molecule has 10 heteroatoms. The second kappa shape index (κ2) is 4.38. The van der Waals surface area contributed by atoms with Crippen LogP contribution in [0.1, 0.15) is 13.8 Å². The molecule has 0 bridgehead atoms. The first-order valence-corrected chi connectivity index (χ1v) is 6.50. The average Bonchev–Trinajstić information content (AvgIpc) is 1.78. The van der Waals surface area contributed by atoms with Crippen molar-refractivity contribution in [3.05, 3.63) is 0 Å². The summed E-state index contributed by atoms with van der Waals surface area (Å²) in [6.07, 6.45) is 0. The predicted molar refractivity (Wildman–Crippen MR) is 47.2 cm³/mol. The van der Waals surface area contributed by atoms with Gasteiger partial charge in [-0.2, -0.15) is 4.31 Å². The smallest absolute Gasteiger partial charge is 0.328 e. The maximum Gasteiger partial charge on any atom is 0.481 e. The van der Waals surface area contributed by atoms with Crippen molar-refractivity contribution in [3.63, 3.8) is 0 Å². The summed E-state index contributed by atoms with van der Waals surface area (Å²) in [7, 11) is -9.86. The van der Waals surface area contributed by atoms with Gasteiger partial charge < -0.3 is 20.4 Å². The van der Waals surface area contributed by atoms with Crippen molar-refractivity contribution >= 4 is 15.6 Å². The maximum atomic E-state index is 11.0. The van der Waals surface area contributed by atoms with E-state index < -0.39 is 21.2 Å². The Morgan fingerprint density at radius 3 is 2.00 bits per heavy atom. The first kappa shape index (κ1) is 14.2. The number of rotatable bonds is 5. The van der Waals surface area contributed by atoms with Crippen molar-refractivity contribution < 1.29 is 32.6 Å². The van der Waals surface area contributed by atoms with Crippen molar-refractivity contribution in [3.8, 4) is 0 Å². The lowest BCUT2D eigenvalue weighted by atomic mass is 10.1. The fraction of sp³-hybridized carbons (Fsp3) is 1.00. The fourth-order valence-electron chi connectivity index (χ4n) is 0.501. The second-order valence-corrected chi connectivity index (χ2v) is 5.85. The highest BCUT2D eigenvalue weighted by molar-refractivity contribution is 7.60. The van der Waals surface area contributed by atoms with E-state index in [-0.39, 0.29) is 6.54 Å². The highest BCUT2D eigenvalue weighted by Crippen LogP contribution is 2.59. The molecule has 0 radical (unpaired) electrons. The molecule has 0 saturated heterocycles. The topological polar surface area (TPSA) is 139 Å². The van der Waals surface area contributed by atoms with Crippen molar-refractivity contribution in [2.75, 3.05) is 6.54 Å². The van der Waals surface area contributed by atoms with Gasteiger partial charge in [-0.25, -0.2) is 9.13 Å². The molecule has 0 saturated carbocycles. The molecule has 0 aliphatic heterocycles. The zero-order valence-corrected chi connectivity index (χ0v) is 9.44. The zero-order chi connectivity index (χ0) is 11.6. The molecule has 8 nitrogen and oxygen atoms in total. The van der Waals surface area contributed by atoms with Gasteiger partial charge in [-0.3, -0.25) is 4.52 Å². The molecule has 0 heterocycles. The monoisotopic (exact) mass is 249 g/mol. The summed E-state index contributed by atoms with van der Waals surface area (Å²) in [6.45, 7) is 2.64. The lowest BCUT2D eigenvalue weighted by Gasteiger charge is -2.25. The van der Waals surface area contributed by atoms with Crippen LogP contribution in [-0.2, 0) is 18.0 Å². The Bertz CT molecular complexity index is 283. The molecule has 0 spiro atoms. The van der Waals surface area contributed by atoms with E-state index in [1.165, 1.54) is 13.8 Å². The van der Waals surface area contributed by atoms with Crippen molar-refractivity contribution in [2.24, 2.45) is 5.73 Å². The minimum Gasteiger partial charge on any atom is -0.328 e. The highest BCUT2D eigenvalue weighted by Gasteiger charge is 2.37. The molecular formula is C4H13NO7P2. The highest BCUT2D eigenvalue weighted by atomic mass is 31.3. The molecule has 86 valence electrons. The van der Waals surface area contributed by atoms with E-state index in [2.05, 4.69) is 8.83 Å². The third-order valence-electron chi connectivity index (χ3n) is 1.06. The van der Waals surface area contributed by atoms with Crippen LogP contribution in [0.2, 0.25) is 0 Å². The summed E-state index contributed by atoms with van der Waals surface area (Å²) < 4.78 is 29.2. The van der Waals surface area contributed by atoms with Crippen LogP contribution in [0.15, 0.2) is 0 Å². The van der Waals surface area contributed by atoms with E-state index in [9.17, 15) is 9.13 Å². The van der Waals surface area contributed by atoms with Crippen LogP contribution in [0.25, 0.3) is 0 Å². The van der Waals surface area contributed by atoms with Crippen LogP contribution < -0.4 is 5.73 Å². The Morgan fingerprint density at radius 1 is 1.29 bits per heavy atom. The Labute approximate surface area is 80.9 Å². The molecule has 0 aromatic carbocycles. The van der Waals surface area contributed by atoms with E-state index in [1.807, 2.05) is 0 Å². The van der Waals surface area contributed by atoms with Crippen LogP contribution in [0.5, 0.6) is 0 Å². The van der Waals surface area contributed by atoms with Crippen LogP contribution in [-0.4, -0.2) is 26.8 Å². The molecule has 0 aliphatic rings. The number of nitrogens with two attached hydrogens (primary N) is 1. The molecule has 0 rings (SSSR count). The first-order valence-electron chi connectivity index (χ1n) is 3.48. The Hall–Kier alpha value is 0.220. The second-order valence-electron chi connectivity index (χ2n) is 3.10. The molecule has 5 N–H and O–H groups in total. The fourth-order valence-corrected chi connectivity index (χ4v) is 2.41. The molecule has 0 amide bonds. The quantitative estimate of drug-likeness (QED) is 0.497. The van der Waals surface area contributed by atoms with Gasteiger partial charge in [0, 0.05) is 6.54 Å². The summed E-state index contributed by atoms with van der Waals surface area (Å²) >= 11 is 0. The Balaban J connectivity index is 4.51. The molecule has 0 aromatic heterocycles. The molecule has 1 unspecified atom stereocenters. The SMILES string of the molecule is CC(C)(CN)OP(=O)(O)OP(=O)(O)O. The summed E-state index contributed by atoms with van der Waals surface area (Å²) in [5.41, 5.74) is 3.96. The number of hydrogen-bond acceptors (Lipinski definition) is 5. The standard InChI is InChI=1S/C4H13NO7P2/c1-4(2,3-5)11-14(9,10)12-13(6,7)8/h3,5H2,1-2H3,(H,9,10)(H2,6,7,8). The normalized spacial score (nSPS) is 17.9. The number of hydrogen-bond donors (Lipinski definition) is 4. The minimum atomic E-state index is -5.06. The molecule has 0 aliphatic carbocycles. The lowest BCUT2D eigenvalue weighted by Crippen LogP contribution is -2.33. The van der Waals surface area contributed by atoms with Crippen molar-refractivity contribution in [1.82, 2.24) is 0 Å². The zero-order valence-electron chi connectivity index (χ0n) is 7.65. The Kier molecular flexibility index (Phi) is 4.45. The summed E-state index contributed by atoms with van der Waals surface area (Å²) in [5.74, 6) is 0. The molecular weight excluding hydrogens is 236 g/mol. The maximum absolute atomic E-state index is 11.0. The van der Waals surface area contributed by atoms with E-state index in [4.69, 9.17) is 20.4 Å². The van der Waals surface area contributed by atoms with E-state index in [1.54, 1.807) is 0 Å². The van der Waals surface area contributed by atoms with Gasteiger partial charge in [-0.05, 0) is 13.8 Å². The van der Waals surface area contributed by atoms with Gasteiger partial charge in [0.1, 0.15) is 0 Å². The van der Waals surface area contributed by atoms with Crippen LogP contribution >= 0.6 is 15.6 Å². The number of phosphoric acid groups is 2. The average molecular weight is 249 g/mol. The van der Waals surface area contributed by atoms with Crippen LogP contribution in [0, 0.1) is 0 Å². The van der Waals surface area contributed by atoms with Crippen LogP contribution in [0.4, 0.5) is 0 Å². The lowest BCUT2D eigenvalue weighted by molar-refractivity contribution is 0.0706. The van der Waals surface area contributed by atoms with Gasteiger partial charge in [0.15, 0.2) is 0 Å². The van der Waals surface area contributed by atoms with Crippen molar-refractivity contribution in [2.45, 2.75) is 19.4 Å². The molecule has 1 atom stereocenters. The minimum absolute atomic E-state index is 0.109. The molecule has 0 fully saturated rings. The van der Waals surface area contributed by atoms with E-state index in [0.29, 0.717) is 0 Å². The van der Waals surface area contributed by atoms with Crippen molar-refractivity contribution in [1.29, 1.82) is 0 Å². The summed E-state index contributed by atoms with van der Waals surface area (Å²) in [5, 5.41) is 0. The third-order valence-corrected chi connectivity index (χ3v) is 3.46. The first-order chi connectivity index (χ1) is 5.97. The van der Waals surface area contributed by atoms with E-state index >= 15 is 0 Å². The van der Waals surface area contributed by atoms with Crippen LogP contribution in [0.3, 0.4) is 0 Å². The van der Waals surface area contributed by atoms with Gasteiger partial charge in [0.2, 0.25) is 0 Å². The van der Waals surface area contributed by atoms with Gasteiger partial charge in [-0.1, -0.05) is 0 Å². The predicted octanol–water partition coefficient (Wildman–Crippen LogP) is -0.0500. The molecule has 0 aromatic rings. The molecule has 14 heavy (non-hydrogen) atoms. The largest absolute Gasteiger partial charge is 0.481 e. The Morgan fingerprint density at radius 2 is 1.71 bits per heavy atom. The van der Waals surface area contributed by atoms with Gasteiger partial charge in [-0.15, -0.1) is 0 Å². The van der Waals surface area contributed by atoms with Gasteiger partial charge in [0.25, 0.3) is 0 Å². The summed E-state index contributed by atoms with van der Waals surface area (Å²) in [4.78, 5) is 25.4.